The van der Waals surface area contributed by atoms with Crippen LogP contribution in [0.2, 0.25) is 0 Å². The number of fused-ring (bicyclic) bond motifs is 1. The van der Waals surface area contributed by atoms with Crippen molar-refractivity contribution in [2.45, 2.75) is 52.0 Å². The van der Waals surface area contributed by atoms with Gasteiger partial charge >= 0.3 is 6.09 Å². The number of rotatable bonds is 9. The van der Waals surface area contributed by atoms with Crippen LogP contribution < -0.4 is 10.1 Å². The van der Waals surface area contributed by atoms with Gasteiger partial charge in [-0.1, -0.05) is 84.9 Å². The average Bonchev–Trinajstić information content (AvgIpc) is 2.91. The Labute approximate surface area is 230 Å². The summed E-state index contributed by atoms with van der Waals surface area (Å²) in [5.41, 5.74) is 2.35. The van der Waals surface area contributed by atoms with E-state index >= 15 is 0 Å². The van der Waals surface area contributed by atoms with Crippen LogP contribution >= 0.6 is 0 Å². The lowest BCUT2D eigenvalue weighted by Crippen LogP contribution is -2.49. The standard InChI is InChI=1S/C33H36N2O4/c1-33(2,3)39-32(37)34-30(21-24-17-19-28(20-18-24)38-23-25-11-6-5-7-12-25)31(36)35(4)22-27-15-10-14-26-13-8-9-16-29(26)27/h5-20,30H,21-23H2,1-4H3,(H,34,37)/t30-/m0/s1. The van der Waals surface area contributed by atoms with Crippen molar-refractivity contribution >= 4 is 22.8 Å². The molecule has 0 heterocycles. The van der Waals surface area contributed by atoms with Gasteiger partial charge in [0.05, 0.1) is 0 Å². The van der Waals surface area contributed by atoms with Crippen molar-refractivity contribution in [3.8, 4) is 5.75 Å². The molecule has 1 atom stereocenters. The predicted octanol–water partition coefficient (Wildman–Crippen LogP) is 6.51. The molecule has 0 aliphatic rings. The molecule has 0 spiro atoms. The van der Waals surface area contributed by atoms with Gasteiger partial charge in [-0.3, -0.25) is 4.79 Å². The second-order valence-corrected chi connectivity index (χ2v) is 10.7. The number of hydrogen-bond donors (Lipinski definition) is 1. The second kappa shape index (κ2) is 12.5. The molecule has 0 saturated heterocycles. The van der Waals surface area contributed by atoms with Gasteiger partial charge in [-0.15, -0.1) is 0 Å². The molecule has 202 valence electrons. The van der Waals surface area contributed by atoms with Crippen LogP contribution in [-0.2, 0) is 29.1 Å². The second-order valence-electron chi connectivity index (χ2n) is 10.7. The molecule has 0 fully saturated rings. The molecule has 0 unspecified atom stereocenters. The summed E-state index contributed by atoms with van der Waals surface area (Å²) in [7, 11) is 1.76. The normalized spacial score (nSPS) is 12.0. The van der Waals surface area contributed by atoms with Gasteiger partial charge in [0.25, 0.3) is 0 Å². The van der Waals surface area contributed by atoms with Gasteiger partial charge in [0.15, 0.2) is 0 Å². The lowest BCUT2D eigenvalue weighted by molar-refractivity contribution is -0.132. The first-order valence-electron chi connectivity index (χ1n) is 13.1. The van der Waals surface area contributed by atoms with Crippen LogP contribution in [0.15, 0.2) is 97.1 Å². The SMILES string of the molecule is CN(Cc1cccc2ccccc12)C(=O)[C@H](Cc1ccc(OCc2ccccc2)cc1)NC(=O)OC(C)(C)C. The number of carbonyl (C=O) groups is 2. The van der Waals surface area contributed by atoms with Crippen LogP contribution in [0.25, 0.3) is 10.8 Å². The minimum Gasteiger partial charge on any atom is -0.489 e. The van der Waals surface area contributed by atoms with Gasteiger partial charge < -0.3 is 19.7 Å². The highest BCUT2D eigenvalue weighted by Gasteiger charge is 2.27. The monoisotopic (exact) mass is 524 g/mol. The summed E-state index contributed by atoms with van der Waals surface area (Å²) in [5.74, 6) is 0.539. The molecule has 0 aromatic heterocycles. The van der Waals surface area contributed by atoms with Crippen molar-refractivity contribution in [2.24, 2.45) is 0 Å². The van der Waals surface area contributed by atoms with Gasteiger partial charge in [-0.05, 0) is 60.4 Å². The first-order chi connectivity index (χ1) is 18.7. The van der Waals surface area contributed by atoms with Crippen molar-refractivity contribution in [3.05, 3.63) is 114 Å². The Hall–Kier alpha value is -4.32. The van der Waals surface area contributed by atoms with Crippen LogP contribution in [0.5, 0.6) is 5.75 Å². The first-order valence-corrected chi connectivity index (χ1v) is 13.1. The summed E-state index contributed by atoms with van der Waals surface area (Å²) in [6.45, 7) is 6.28. The molecule has 0 saturated carbocycles. The van der Waals surface area contributed by atoms with Crippen LogP contribution in [0.4, 0.5) is 4.79 Å². The zero-order chi connectivity index (χ0) is 27.8. The highest BCUT2D eigenvalue weighted by molar-refractivity contribution is 5.88. The lowest BCUT2D eigenvalue weighted by atomic mass is 10.0. The predicted molar refractivity (Wildman–Crippen MR) is 154 cm³/mol. The van der Waals surface area contributed by atoms with Crippen LogP contribution in [-0.4, -0.2) is 35.6 Å². The maximum absolute atomic E-state index is 13.6. The Bertz CT molecular complexity index is 1390. The number of likely N-dealkylation sites (N-methyl/N-ethyl adjacent to an activating group) is 1. The number of alkyl carbamates (subject to hydrolysis) is 1. The van der Waals surface area contributed by atoms with Crippen molar-refractivity contribution in [1.29, 1.82) is 0 Å². The van der Waals surface area contributed by atoms with Gasteiger partial charge in [0, 0.05) is 20.0 Å². The van der Waals surface area contributed by atoms with E-state index in [-0.39, 0.29) is 5.91 Å². The molecule has 4 aromatic rings. The van der Waals surface area contributed by atoms with Crippen molar-refractivity contribution < 1.29 is 19.1 Å². The van der Waals surface area contributed by atoms with E-state index in [1.807, 2.05) is 78.9 Å². The highest BCUT2D eigenvalue weighted by atomic mass is 16.6. The van der Waals surface area contributed by atoms with E-state index in [9.17, 15) is 9.59 Å². The molecule has 0 bridgehead atoms. The third kappa shape index (κ3) is 8.08. The molecule has 6 heteroatoms. The minimum absolute atomic E-state index is 0.196. The zero-order valence-electron chi connectivity index (χ0n) is 23.0. The molecule has 0 radical (unpaired) electrons. The molecular weight excluding hydrogens is 488 g/mol. The van der Waals surface area contributed by atoms with Crippen LogP contribution in [0.3, 0.4) is 0 Å². The molecule has 2 amide bonds. The summed E-state index contributed by atoms with van der Waals surface area (Å²) >= 11 is 0. The average molecular weight is 525 g/mol. The Morgan fingerprint density at radius 1 is 0.821 bits per heavy atom. The molecule has 6 nitrogen and oxygen atoms in total. The summed E-state index contributed by atoms with van der Waals surface area (Å²) in [6, 6.07) is 31.0. The summed E-state index contributed by atoms with van der Waals surface area (Å²) < 4.78 is 11.4. The van der Waals surface area contributed by atoms with E-state index in [0.717, 1.165) is 33.2 Å². The molecular formula is C33H36N2O4. The number of carbonyl (C=O) groups excluding carboxylic acids is 2. The van der Waals surface area contributed by atoms with E-state index in [1.165, 1.54) is 0 Å². The number of amides is 2. The quantitative estimate of drug-likeness (QED) is 0.271. The Morgan fingerprint density at radius 2 is 1.49 bits per heavy atom. The lowest BCUT2D eigenvalue weighted by Gasteiger charge is -2.27. The van der Waals surface area contributed by atoms with E-state index in [0.29, 0.717) is 19.6 Å². The molecule has 39 heavy (non-hydrogen) atoms. The largest absolute Gasteiger partial charge is 0.489 e. The number of hydrogen-bond acceptors (Lipinski definition) is 4. The summed E-state index contributed by atoms with van der Waals surface area (Å²) in [5, 5.41) is 5.02. The zero-order valence-corrected chi connectivity index (χ0v) is 23.0. The van der Waals surface area contributed by atoms with E-state index in [2.05, 4.69) is 23.5 Å². The fraction of sp³-hybridized carbons (Fsp3) is 0.273. The number of nitrogens with zero attached hydrogens (tertiary/aromatic N) is 1. The van der Waals surface area contributed by atoms with E-state index < -0.39 is 17.7 Å². The first kappa shape index (κ1) is 27.7. The molecule has 4 rings (SSSR count). The third-order valence-corrected chi connectivity index (χ3v) is 6.26. The number of benzene rings is 4. The van der Waals surface area contributed by atoms with E-state index in [1.54, 1.807) is 32.7 Å². The number of nitrogens with one attached hydrogen (secondary N) is 1. The Morgan fingerprint density at radius 3 is 2.21 bits per heavy atom. The van der Waals surface area contributed by atoms with Gasteiger partial charge in [-0.2, -0.15) is 0 Å². The van der Waals surface area contributed by atoms with Crippen molar-refractivity contribution in [3.63, 3.8) is 0 Å². The van der Waals surface area contributed by atoms with Crippen molar-refractivity contribution in [1.82, 2.24) is 10.2 Å². The molecule has 0 aliphatic heterocycles. The molecule has 1 N–H and O–H groups in total. The van der Waals surface area contributed by atoms with Crippen molar-refractivity contribution in [2.75, 3.05) is 7.05 Å². The van der Waals surface area contributed by atoms with Gasteiger partial charge in [0.1, 0.15) is 24.0 Å². The summed E-state index contributed by atoms with van der Waals surface area (Å²) in [4.78, 5) is 28.0. The van der Waals surface area contributed by atoms with Crippen LogP contribution in [0.1, 0.15) is 37.5 Å². The maximum Gasteiger partial charge on any atom is 0.408 e. The van der Waals surface area contributed by atoms with Crippen LogP contribution in [0, 0.1) is 0 Å². The van der Waals surface area contributed by atoms with Gasteiger partial charge in [-0.25, -0.2) is 4.79 Å². The maximum atomic E-state index is 13.6. The highest BCUT2D eigenvalue weighted by Crippen LogP contribution is 2.21. The summed E-state index contributed by atoms with van der Waals surface area (Å²) in [6.07, 6.45) is -0.307. The topological polar surface area (TPSA) is 67.9 Å². The van der Waals surface area contributed by atoms with Gasteiger partial charge in [0.2, 0.25) is 5.91 Å². The minimum atomic E-state index is -0.795. The third-order valence-electron chi connectivity index (χ3n) is 6.26. The van der Waals surface area contributed by atoms with E-state index in [4.69, 9.17) is 9.47 Å². The fourth-order valence-corrected chi connectivity index (χ4v) is 4.38. The fourth-order valence-electron chi connectivity index (χ4n) is 4.38. The molecule has 0 aliphatic carbocycles. The Kier molecular flexibility index (Phi) is 8.87. The molecule has 4 aromatic carbocycles. The number of ether oxygens (including phenoxy) is 2. The Balaban J connectivity index is 1.47. The smallest absolute Gasteiger partial charge is 0.408 e.